The molecule has 13 N–H and O–H groups in total. The second kappa shape index (κ2) is 19.4. The fourth-order valence-corrected chi connectivity index (χ4v) is 3.62. The molecule has 0 saturated carbocycles. The van der Waals surface area contributed by atoms with Crippen molar-refractivity contribution in [3.05, 3.63) is 0 Å². The van der Waals surface area contributed by atoms with Gasteiger partial charge in [-0.05, 0) is 44.6 Å². The number of amides is 4. The third-order valence-corrected chi connectivity index (χ3v) is 5.96. The standard InChI is InChI=1S/C22H40N8O9S/c1-11(31)17(21(38)39)30-20(37)14(7-9-40-2)29-19(36)13(4-3-8-26-22(24)25)28-15(32)10-27-18(35)12(23)5-6-16(33)34/h11-14,17,31H,3-10,23H2,1-2H3,(H,27,35)(H,28,32)(H,29,36)(H,30,37)(H,33,34)(H,38,39)(H4,24,25,26)/t11-,12+,13+,14+,17+/m1/s1. The van der Waals surface area contributed by atoms with E-state index in [1.165, 1.54) is 18.7 Å². The lowest BCUT2D eigenvalue weighted by atomic mass is 10.1. The molecule has 17 nitrogen and oxygen atoms in total. The van der Waals surface area contributed by atoms with E-state index in [0.717, 1.165) is 0 Å². The molecule has 0 heterocycles. The summed E-state index contributed by atoms with van der Waals surface area (Å²) < 4.78 is 0. The predicted octanol–water partition coefficient (Wildman–Crippen LogP) is -3.98. The van der Waals surface area contributed by atoms with E-state index in [0.29, 0.717) is 5.75 Å². The number of aliphatic imine (C=N–C) groups is 1. The molecule has 0 saturated heterocycles. The number of nitrogens with one attached hydrogen (secondary N) is 4. The molecule has 0 aliphatic heterocycles. The number of aliphatic carboxylic acids is 2. The number of aliphatic hydroxyl groups excluding tert-OH is 1. The monoisotopic (exact) mass is 592 g/mol. The van der Waals surface area contributed by atoms with Gasteiger partial charge >= 0.3 is 11.9 Å². The van der Waals surface area contributed by atoms with Crippen LogP contribution in [0, 0.1) is 0 Å². The summed E-state index contributed by atoms with van der Waals surface area (Å²) in [7, 11) is 0. The summed E-state index contributed by atoms with van der Waals surface area (Å²) in [4.78, 5) is 76.2. The zero-order valence-electron chi connectivity index (χ0n) is 22.4. The first-order chi connectivity index (χ1) is 18.7. The van der Waals surface area contributed by atoms with E-state index < -0.39 is 72.4 Å². The number of rotatable bonds is 20. The van der Waals surface area contributed by atoms with Gasteiger partial charge in [0.1, 0.15) is 12.1 Å². The maximum atomic E-state index is 13.1. The quantitative estimate of drug-likeness (QED) is 0.0367. The molecule has 0 bridgehead atoms. The van der Waals surface area contributed by atoms with E-state index in [4.69, 9.17) is 22.3 Å². The van der Waals surface area contributed by atoms with Gasteiger partial charge in [-0.3, -0.25) is 29.0 Å². The molecule has 4 amide bonds. The SMILES string of the molecule is CSCC[C@H](NC(=O)[C@H](CCCN=C(N)N)NC(=O)CNC(=O)[C@@H](N)CCC(=O)O)C(=O)N[C@H](C(=O)O)[C@@H](C)O. The summed E-state index contributed by atoms with van der Waals surface area (Å²) >= 11 is 1.37. The average molecular weight is 593 g/mol. The van der Waals surface area contributed by atoms with Crippen LogP contribution in [0.2, 0.25) is 0 Å². The summed E-state index contributed by atoms with van der Waals surface area (Å²) in [6.45, 7) is 0.749. The van der Waals surface area contributed by atoms with Crippen molar-refractivity contribution in [3.63, 3.8) is 0 Å². The van der Waals surface area contributed by atoms with Crippen molar-refractivity contribution in [2.75, 3.05) is 25.1 Å². The molecular weight excluding hydrogens is 552 g/mol. The predicted molar refractivity (Wildman–Crippen MR) is 146 cm³/mol. The molecule has 0 radical (unpaired) electrons. The molecule has 40 heavy (non-hydrogen) atoms. The smallest absolute Gasteiger partial charge is 0.328 e. The topological polar surface area (TPSA) is 302 Å². The van der Waals surface area contributed by atoms with Crippen LogP contribution in [-0.4, -0.2) is 112 Å². The van der Waals surface area contributed by atoms with E-state index in [1.807, 2.05) is 0 Å². The largest absolute Gasteiger partial charge is 0.481 e. The molecule has 0 aromatic carbocycles. The summed E-state index contributed by atoms with van der Waals surface area (Å²) in [5.41, 5.74) is 16.2. The molecule has 228 valence electrons. The van der Waals surface area contributed by atoms with Crippen LogP contribution in [0.3, 0.4) is 0 Å². The van der Waals surface area contributed by atoms with Crippen molar-refractivity contribution in [2.45, 2.75) is 69.3 Å². The van der Waals surface area contributed by atoms with Crippen molar-refractivity contribution >= 4 is 53.3 Å². The Morgan fingerprint density at radius 1 is 0.900 bits per heavy atom. The number of thioether (sulfide) groups is 1. The third-order valence-electron chi connectivity index (χ3n) is 5.32. The Bertz CT molecular complexity index is 915. The van der Waals surface area contributed by atoms with Gasteiger partial charge in [0.2, 0.25) is 23.6 Å². The molecular formula is C22H40N8O9S. The molecule has 5 atom stereocenters. The van der Waals surface area contributed by atoms with Gasteiger partial charge < -0.3 is 53.8 Å². The Kier molecular flexibility index (Phi) is 17.7. The van der Waals surface area contributed by atoms with Gasteiger partial charge in [0.25, 0.3) is 0 Å². The van der Waals surface area contributed by atoms with Crippen molar-refractivity contribution in [2.24, 2.45) is 22.2 Å². The van der Waals surface area contributed by atoms with E-state index in [1.54, 1.807) is 6.26 Å². The van der Waals surface area contributed by atoms with Crippen LogP contribution in [0.5, 0.6) is 0 Å². The van der Waals surface area contributed by atoms with Gasteiger partial charge in [0, 0.05) is 13.0 Å². The highest BCUT2D eigenvalue weighted by atomic mass is 32.2. The normalized spacial score (nSPS) is 14.4. The van der Waals surface area contributed by atoms with Gasteiger partial charge in [-0.25, -0.2) is 4.79 Å². The molecule has 0 spiro atoms. The lowest BCUT2D eigenvalue weighted by Crippen LogP contribution is -2.58. The van der Waals surface area contributed by atoms with Crippen LogP contribution in [0.1, 0.15) is 39.0 Å². The minimum atomic E-state index is -1.61. The minimum Gasteiger partial charge on any atom is -0.481 e. The lowest BCUT2D eigenvalue weighted by molar-refractivity contribution is -0.145. The van der Waals surface area contributed by atoms with Crippen molar-refractivity contribution in [3.8, 4) is 0 Å². The highest BCUT2D eigenvalue weighted by Gasteiger charge is 2.31. The maximum absolute atomic E-state index is 13.1. The first-order valence-corrected chi connectivity index (χ1v) is 13.7. The summed E-state index contributed by atoms with van der Waals surface area (Å²) in [5, 5.41) is 37.0. The van der Waals surface area contributed by atoms with Crippen LogP contribution in [0.25, 0.3) is 0 Å². The fraction of sp³-hybridized carbons (Fsp3) is 0.682. The van der Waals surface area contributed by atoms with Gasteiger partial charge in [0.15, 0.2) is 12.0 Å². The number of nitrogens with zero attached hydrogens (tertiary/aromatic N) is 1. The Labute approximate surface area is 235 Å². The Balaban J connectivity index is 5.48. The summed E-state index contributed by atoms with van der Waals surface area (Å²) in [6, 6.07) is -5.16. The maximum Gasteiger partial charge on any atom is 0.328 e. The van der Waals surface area contributed by atoms with Crippen molar-refractivity contribution < 1.29 is 44.1 Å². The first-order valence-electron chi connectivity index (χ1n) is 12.3. The number of guanidine groups is 1. The molecule has 0 aliphatic rings. The number of hydrogen-bond acceptors (Lipinski definition) is 10. The lowest BCUT2D eigenvalue weighted by Gasteiger charge is -2.25. The number of nitrogens with two attached hydrogens (primary N) is 3. The molecule has 0 aliphatic carbocycles. The Hall–Kier alpha value is -3.64. The average Bonchev–Trinajstić information content (AvgIpc) is 2.87. The number of carboxylic acids is 2. The number of aliphatic hydroxyl groups is 1. The van der Waals surface area contributed by atoms with Crippen molar-refractivity contribution in [1.29, 1.82) is 0 Å². The minimum absolute atomic E-state index is 0.0305. The molecule has 0 aromatic rings. The van der Waals surface area contributed by atoms with Crippen LogP contribution >= 0.6 is 11.8 Å². The van der Waals surface area contributed by atoms with E-state index >= 15 is 0 Å². The highest BCUT2D eigenvalue weighted by molar-refractivity contribution is 7.98. The second-order valence-corrected chi connectivity index (χ2v) is 9.72. The van der Waals surface area contributed by atoms with Gasteiger partial charge in [-0.15, -0.1) is 0 Å². The molecule has 0 aromatic heterocycles. The molecule has 0 unspecified atom stereocenters. The van der Waals surface area contributed by atoms with E-state index in [-0.39, 0.29) is 44.6 Å². The van der Waals surface area contributed by atoms with Crippen molar-refractivity contribution in [1.82, 2.24) is 21.3 Å². The second-order valence-electron chi connectivity index (χ2n) is 8.73. The van der Waals surface area contributed by atoms with Crippen LogP contribution in [0.4, 0.5) is 0 Å². The number of carbonyl (C=O) groups is 6. The zero-order valence-corrected chi connectivity index (χ0v) is 23.2. The Morgan fingerprint density at radius 2 is 1.50 bits per heavy atom. The molecule has 0 fully saturated rings. The zero-order chi connectivity index (χ0) is 30.8. The Morgan fingerprint density at radius 3 is 2.02 bits per heavy atom. The van der Waals surface area contributed by atoms with Gasteiger partial charge in [0.05, 0.1) is 18.7 Å². The highest BCUT2D eigenvalue weighted by Crippen LogP contribution is 2.06. The molecule has 0 rings (SSSR count). The summed E-state index contributed by atoms with van der Waals surface area (Å²) in [6.07, 6.45) is 0.263. The van der Waals surface area contributed by atoms with Crippen LogP contribution < -0.4 is 38.5 Å². The third kappa shape index (κ3) is 15.7. The van der Waals surface area contributed by atoms with Crippen LogP contribution in [-0.2, 0) is 28.8 Å². The molecule has 18 heteroatoms. The van der Waals surface area contributed by atoms with Gasteiger partial charge in [-0.1, -0.05) is 0 Å². The van der Waals surface area contributed by atoms with E-state index in [9.17, 15) is 39.0 Å². The first kappa shape index (κ1) is 36.4. The summed E-state index contributed by atoms with van der Waals surface area (Å²) in [5.74, 6) is -5.50. The number of carbonyl (C=O) groups excluding carboxylic acids is 4. The number of carboxylic acid groups (broad SMARTS) is 2. The fourth-order valence-electron chi connectivity index (χ4n) is 3.15. The van der Waals surface area contributed by atoms with Gasteiger partial charge in [-0.2, -0.15) is 11.8 Å². The van der Waals surface area contributed by atoms with E-state index in [2.05, 4.69) is 26.3 Å². The van der Waals surface area contributed by atoms with Crippen LogP contribution in [0.15, 0.2) is 4.99 Å². The number of hydrogen-bond donors (Lipinski definition) is 10.